The third-order valence-electron chi connectivity index (χ3n) is 5.25. The number of benzene rings is 2. The van der Waals surface area contributed by atoms with E-state index in [0.717, 1.165) is 16.8 Å². The van der Waals surface area contributed by atoms with E-state index in [0.29, 0.717) is 22.5 Å². The normalized spacial score (nSPS) is 15.0. The number of carbonyl (C=O) groups is 3. The number of nitrogens with one attached hydrogen (secondary N) is 1. The predicted octanol–water partition coefficient (Wildman–Crippen LogP) is 3.43. The molecule has 158 valence electrons. The topological polar surface area (TPSA) is 102 Å². The smallest absolute Gasteiger partial charge is 0.338 e. The second kappa shape index (κ2) is 8.06. The summed E-state index contributed by atoms with van der Waals surface area (Å²) in [5.74, 6) is -1.09. The summed E-state index contributed by atoms with van der Waals surface area (Å²) in [5, 5.41) is 7.08. The molecule has 8 heteroatoms. The van der Waals surface area contributed by atoms with E-state index in [9.17, 15) is 14.4 Å². The molecule has 1 N–H and O–H groups in total. The van der Waals surface area contributed by atoms with Gasteiger partial charge in [-0.3, -0.25) is 14.8 Å². The van der Waals surface area contributed by atoms with E-state index >= 15 is 0 Å². The van der Waals surface area contributed by atoms with Crippen LogP contribution in [-0.4, -0.2) is 41.8 Å². The highest BCUT2D eigenvalue weighted by Gasteiger charge is 2.42. The van der Waals surface area contributed by atoms with E-state index in [4.69, 9.17) is 9.47 Å². The number of anilines is 1. The van der Waals surface area contributed by atoms with Crippen LogP contribution in [-0.2, 0) is 9.47 Å². The summed E-state index contributed by atoms with van der Waals surface area (Å²) in [5.41, 5.74) is 4.20. The number of aryl methyl sites for hydroxylation is 1. The maximum absolute atomic E-state index is 13.2. The maximum Gasteiger partial charge on any atom is 0.338 e. The van der Waals surface area contributed by atoms with E-state index in [-0.39, 0.29) is 12.5 Å². The summed E-state index contributed by atoms with van der Waals surface area (Å²) >= 11 is 0. The molecule has 0 unspecified atom stereocenters. The second-order valence-electron chi connectivity index (χ2n) is 7.07. The minimum Gasteiger partial charge on any atom is -0.465 e. The van der Waals surface area contributed by atoms with E-state index in [1.165, 1.54) is 7.11 Å². The van der Waals surface area contributed by atoms with Gasteiger partial charge in [-0.25, -0.2) is 9.59 Å². The van der Waals surface area contributed by atoms with Gasteiger partial charge in [0.25, 0.3) is 5.91 Å². The highest BCUT2D eigenvalue weighted by atomic mass is 16.5. The molecule has 1 amide bonds. The van der Waals surface area contributed by atoms with Crippen molar-refractivity contribution >= 4 is 23.5 Å². The molecule has 0 radical (unpaired) electrons. The number of methoxy groups -OCH3 is 1. The molecule has 0 bridgehead atoms. The van der Waals surface area contributed by atoms with Crippen LogP contribution in [0.5, 0.6) is 0 Å². The van der Waals surface area contributed by atoms with Gasteiger partial charge in [0.2, 0.25) is 0 Å². The van der Waals surface area contributed by atoms with Gasteiger partial charge in [-0.05, 0) is 55.8 Å². The van der Waals surface area contributed by atoms with Crippen molar-refractivity contribution in [3.8, 4) is 0 Å². The van der Waals surface area contributed by atoms with Crippen molar-refractivity contribution < 1.29 is 23.9 Å². The Balaban J connectivity index is 1.75. The van der Waals surface area contributed by atoms with Crippen LogP contribution in [0.1, 0.15) is 61.0 Å². The number of ether oxygens (including phenoxy) is 2. The molecule has 8 nitrogen and oxygen atoms in total. The largest absolute Gasteiger partial charge is 0.465 e. The van der Waals surface area contributed by atoms with E-state index in [1.54, 1.807) is 60.4 Å². The van der Waals surface area contributed by atoms with Crippen LogP contribution in [0.4, 0.5) is 5.69 Å². The Morgan fingerprint density at radius 1 is 1.03 bits per heavy atom. The molecule has 0 aliphatic carbocycles. The second-order valence-corrected chi connectivity index (χ2v) is 7.07. The number of esters is 2. The standard InChI is InChI=1S/C23H21N3O5/c1-4-31-23(29)16-9-11-17(12-10-16)26-20(18-13(2)24-25-19(18)21(26)27)14-5-7-15(8-6-14)22(28)30-3/h5-12,20H,4H2,1-3H3,(H,24,25)/t20-/m0/s1. The summed E-state index contributed by atoms with van der Waals surface area (Å²) in [6, 6.07) is 13.2. The van der Waals surface area contributed by atoms with Crippen molar-refractivity contribution in [1.29, 1.82) is 0 Å². The lowest BCUT2D eigenvalue weighted by atomic mass is 9.97. The quantitative estimate of drug-likeness (QED) is 0.636. The minimum absolute atomic E-state index is 0.245. The summed E-state index contributed by atoms with van der Waals surface area (Å²) in [4.78, 5) is 38.6. The van der Waals surface area contributed by atoms with E-state index < -0.39 is 18.0 Å². The van der Waals surface area contributed by atoms with Crippen LogP contribution < -0.4 is 4.90 Å². The molecule has 0 saturated heterocycles. The lowest BCUT2D eigenvalue weighted by molar-refractivity contribution is 0.0525. The van der Waals surface area contributed by atoms with Gasteiger partial charge in [0, 0.05) is 16.9 Å². The van der Waals surface area contributed by atoms with Gasteiger partial charge in [-0.2, -0.15) is 5.10 Å². The van der Waals surface area contributed by atoms with E-state index in [2.05, 4.69) is 10.2 Å². The van der Waals surface area contributed by atoms with Crippen LogP contribution >= 0.6 is 0 Å². The number of fused-ring (bicyclic) bond motifs is 1. The van der Waals surface area contributed by atoms with Gasteiger partial charge in [-0.15, -0.1) is 0 Å². The monoisotopic (exact) mass is 419 g/mol. The van der Waals surface area contributed by atoms with Crippen molar-refractivity contribution in [2.24, 2.45) is 0 Å². The molecule has 4 rings (SSSR count). The van der Waals surface area contributed by atoms with Gasteiger partial charge in [0.1, 0.15) is 0 Å². The molecule has 0 spiro atoms. The summed E-state index contributed by atoms with van der Waals surface area (Å²) in [7, 11) is 1.33. The Labute approximate surface area is 178 Å². The van der Waals surface area contributed by atoms with Gasteiger partial charge in [-0.1, -0.05) is 12.1 Å². The molecule has 0 saturated carbocycles. The Morgan fingerprint density at radius 2 is 1.65 bits per heavy atom. The van der Waals surface area contributed by atoms with Crippen LogP contribution in [0.2, 0.25) is 0 Å². The summed E-state index contributed by atoms with van der Waals surface area (Å²) < 4.78 is 9.79. The fourth-order valence-corrected chi connectivity index (χ4v) is 3.77. The Morgan fingerprint density at radius 3 is 2.26 bits per heavy atom. The zero-order chi connectivity index (χ0) is 22.1. The zero-order valence-electron chi connectivity index (χ0n) is 17.3. The third-order valence-corrected chi connectivity index (χ3v) is 5.25. The first-order chi connectivity index (χ1) is 15.0. The Bertz CT molecular complexity index is 1150. The number of H-pyrrole nitrogens is 1. The zero-order valence-corrected chi connectivity index (χ0v) is 17.3. The molecule has 3 aromatic rings. The van der Waals surface area contributed by atoms with Gasteiger partial charge in [0.05, 0.1) is 30.9 Å². The van der Waals surface area contributed by atoms with Crippen LogP contribution in [0.3, 0.4) is 0 Å². The first-order valence-electron chi connectivity index (χ1n) is 9.80. The van der Waals surface area contributed by atoms with Gasteiger partial charge >= 0.3 is 11.9 Å². The molecule has 1 aromatic heterocycles. The average Bonchev–Trinajstić information content (AvgIpc) is 3.31. The molecule has 1 atom stereocenters. The molecule has 2 aromatic carbocycles. The van der Waals surface area contributed by atoms with Crippen LogP contribution in [0, 0.1) is 6.92 Å². The fraction of sp³-hybridized carbons (Fsp3) is 0.217. The molecule has 0 fully saturated rings. The fourth-order valence-electron chi connectivity index (χ4n) is 3.77. The van der Waals surface area contributed by atoms with Crippen LogP contribution in [0.25, 0.3) is 0 Å². The highest BCUT2D eigenvalue weighted by Crippen LogP contribution is 2.42. The lowest BCUT2D eigenvalue weighted by Crippen LogP contribution is -2.29. The van der Waals surface area contributed by atoms with Crippen molar-refractivity contribution in [3.63, 3.8) is 0 Å². The molecule has 1 aliphatic rings. The van der Waals surface area contributed by atoms with Gasteiger partial charge in [0.15, 0.2) is 5.69 Å². The number of aromatic amines is 1. The number of rotatable bonds is 5. The van der Waals surface area contributed by atoms with Crippen LogP contribution in [0.15, 0.2) is 48.5 Å². The minimum atomic E-state index is -0.430. The first-order valence-corrected chi connectivity index (χ1v) is 9.80. The summed E-state index contributed by atoms with van der Waals surface area (Å²) in [6.07, 6.45) is 0. The SMILES string of the molecule is CCOC(=O)c1ccc(N2C(=O)c3n[nH]c(C)c3[C@@H]2c2ccc(C(=O)OC)cc2)cc1. The highest BCUT2D eigenvalue weighted by molar-refractivity contribution is 6.10. The lowest BCUT2D eigenvalue weighted by Gasteiger charge is -2.26. The number of carbonyl (C=O) groups excluding carboxylic acids is 3. The average molecular weight is 419 g/mol. The Kier molecular flexibility index (Phi) is 5.29. The molecule has 31 heavy (non-hydrogen) atoms. The first kappa shape index (κ1) is 20.3. The number of amides is 1. The van der Waals surface area contributed by atoms with Crippen molar-refractivity contribution in [3.05, 3.63) is 82.2 Å². The number of hydrogen-bond acceptors (Lipinski definition) is 6. The molecule has 1 aliphatic heterocycles. The maximum atomic E-state index is 13.2. The number of nitrogens with zero attached hydrogens (tertiary/aromatic N) is 2. The van der Waals surface area contributed by atoms with Crippen molar-refractivity contribution in [2.75, 3.05) is 18.6 Å². The molecule has 2 heterocycles. The van der Waals surface area contributed by atoms with Crippen molar-refractivity contribution in [2.45, 2.75) is 19.9 Å². The van der Waals surface area contributed by atoms with E-state index in [1.807, 2.05) is 6.92 Å². The van der Waals surface area contributed by atoms with Gasteiger partial charge < -0.3 is 9.47 Å². The number of hydrogen-bond donors (Lipinski definition) is 1. The molecular formula is C23H21N3O5. The third kappa shape index (κ3) is 3.46. The Hall–Kier alpha value is -3.94. The van der Waals surface area contributed by atoms with Crippen molar-refractivity contribution in [1.82, 2.24) is 10.2 Å². The summed E-state index contributed by atoms with van der Waals surface area (Å²) in [6.45, 7) is 3.90. The molecular weight excluding hydrogens is 398 g/mol. The number of aromatic nitrogens is 2. The predicted molar refractivity (Wildman–Crippen MR) is 112 cm³/mol.